The second-order valence-corrected chi connectivity index (χ2v) is 5.52. The first-order chi connectivity index (χ1) is 7.80. The number of esters is 1. The van der Waals surface area contributed by atoms with Crippen LogP contribution in [0.3, 0.4) is 0 Å². The molecule has 17 heavy (non-hydrogen) atoms. The summed E-state index contributed by atoms with van der Waals surface area (Å²) < 4.78 is 5.17. The quantitative estimate of drug-likeness (QED) is 0.574. The minimum Gasteiger partial charge on any atom is -0.481 e. The molecule has 0 aromatic heterocycles. The topological polar surface area (TPSA) is 63.6 Å². The summed E-state index contributed by atoms with van der Waals surface area (Å²) in [5.41, 5.74) is -0.517. The largest absolute Gasteiger partial charge is 0.481 e. The van der Waals surface area contributed by atoms with E-state index in [-0.39, 0.29) is 6.10 Å². The predicted molar refractivity (Wildman–Crippen MR) is 63.5 cm³/mol. The van der Waals surface area contributed by atoms with Crippen molar-refractivity contribution in [1.29, 1.82) is 0 Å². The van der Waals surface area contributed by atoms with Crippen LogP contribution in [0.1, 0.15) is 47.0 Å². The fourth-order valence-electron chi connectivity index (χ4n) is 2.14. The number of carboxylic acid groups (broad SMARTS) is 1. The molecule has 0 radical (unpaired) electrons. The lowest BCUT2D eigenvalue weighted by Crippen LogP contribution is -2.40. The van der Waals surface area contributed by atoms with Gasteiger partial charge < -0.3 is 9.84 Å². The van der Waals surface area contributed by atoms with Crippen molar-refractivity contribution in [2.24, 2.45) is 17.3 Å². The molecular formula is C13H22O4. The van der Waals surface area contributed by atoms with Gasteiger partial charge in [0.1, 0.15) is 0 Å². The molecule has 2 atom stereocenters. The van der Waals surface area contributed by atoms with Crippen LogP contribution < -0.4 is 0 Å². The lowest BCUT2D eigenvalue weighted by atomic mass is 9.74. The molecule has 0 bridgehead atoms. The number of carbonyl (C=O) groups excluding carboxylic acids is 1. The van der Waals surface area contributed by atoms with Crippen LogP contribution >= 0.6 is 0 Å². The van der Waals surface area contributed by atoms with Gasteiger partial charge in [-0.1, -0.05) is 20.8 Å². The Bertz CT molecular complexity index is 305. The van der Waals surface area contributed by atoms with Gasteiger partial charge in [0.2, 0.25) is 0 Å². The summed E-state index contributed by atoms with van der Waals surface area (Å²) in [6, 6.07) is 0. The van der Waals surface area contributed by atoms with Gasteiger partial charge in [0.15, 0.2) is 5.92 Å². The lowest BCUT2D eigenvalue weighted by molar-refractivity contribution is -0.168. The number of aliphatic carboxylic acids is 1. The predicted octanol–water partition coefficient (Wildman–Crippen LogP) is 2.47. The Kier molecular flexibility index (Phi) is 4.17. The molecule has 0 spiro atoms. The summed E-state index contributed by atoms with van der Waals surface area (Å²) in [5, 5.41) is 9.24. The van der Waals surface area contributed by atoms with Gasteiger partial charge >= 0.3 is 11.9 Å². The molecule has 0 heterocycles. The molecule has 4 nitrogen and oxygen atoms in total. The molecule has 0 aromatic carbocycles. The van der Waals surface area contributed by atoms with E-state index in [0.29, 0.717) is 12.3 Å². The highest BCUT2D eigenvalue weighted by Gasteiger charge is 2.50. The van der Waals surface area contributed by atoms with E-state index in [9.17, 15) is 14.7 Å². The van der Waals surface area contributed by atoms with Crippen molar-refractivity contribution < 1.29 is 19.4 Å². The van der Waals surface area contributed by atoms with Crippen LogP contribution in [0.5, 0.6) is 0 Å². The highest BCUT2D eigenvalue weighted by molar-refractivity contribution is 5.95. The van der Waals surface area contributed by atoms with Crippen LogP contribution in [0.4, 0.5) is 0 Å². The van der Waals surface area contributed by atoms with E-state index in [1.807, 2.05) is 20.8 Å². The van der Waals surface area contributed by atoms with Crippen molar-refractivity contribution >= 4 is 11.9 Å². The number of carboxylic acids is 1. The van der Waals surface area contributed by atoms with Gasteiger partial charge in [-0.2, -0.15) is 0 Å². The second-order valence-electron chi connectivity index (χ2n) is 5.52. The van der Waals surface area contributed by atoms with E-state index < -0.39 is 23.3 Å². The van der Waals surface area contributed by atoms with Crippen LogP contribution in [0.15, 0.2) is 0 Å². The first-order valence-corrected chi connectivity index (χ1v) is 6.24. The van der Waals surface area contributed by atoms with E-state index in [1.165, 1.54) is 0 Å². The molecule has 1 aliphatic rings. The minimum absolute atomic E-state index is 0.223. The smallest absolute Gasteiger partial charge is 0.321 e. The molecule has 0 aromatic rings. The molecule has 2 unspecified atom stereocenters. The van der Waals surface area contributed by atoms with E-state index >= 15 is 0 Å². The molecule has 98 valence electrons. The van der Waals surface area contributed by atoms with Crippen LogP contribution in [-0.4, -0.2) is 23.1 Å². The maximum Gasteiger partial charge on any atom is 0.321 e. The van der Waals surface area contributed by atoms with Crippen molar-refractivity contribution in [2.75, 3.05) is 0 Å². The maximum absolute atomic E-state index is 11.9. The van der Waals surface area contributed by atoms with Crippen LogP contribution in [0.25, 0.3) is 0 Å². The van der Waals surface area contributed by atoms with Crippen molar-refractivity contribution in [3.63, 3.8) is 0 Å². The van der Waals surface area contributed by atoms with Gasteiger partial charge in [0, 0.05) is 0 Å². The van der Waals surface area contributed by atoms with E-state index in [2.05, 4.69) is 0 Å². The molecule has 0 aliphatic heterocycles. The third-order valence-electron chi connectivity index (χ3n) is 3.75. The SMILES string of the molecule is CCC(C)OC(=O)C(C(=O)O)C(C)(C)C1CC1. The fourth-order valence-corrected chi connectivity index (χ4v) is 2.14. The van der Waals surface area contributed by atoms with Gasteiger partial charge in [-0.3, -0.25) is 9.59 Å². The number of hydrogen-bond acceptors (Lipinski definition) is 3. The summed E-state index contributed by atoms with van der Waals surface area (Å²) in [6.07, 6.45) is 2.49. The number of rotatable bonds is 6. The Morgan fingerprint density at radius 3 is 2.29 bits per heavy atom. The summed E-state index contributed by atoms with van der Waals surface area (Å²) in [6.45, 7) is 7.38. The zero-order valence-corrected chi connectivity index (χ0v) is 11.0. The fraction of sp³-hybridized carbons (Fsp3) is 0.846. The zero-order chi connectivity index (χ0) is 13.2. The number of ether oxygens (including phenoxy) is 1. The summed E-state index contributed by atoms with van der Waals surface area (Å²) in [5.74, 6) is -2.39. The summed E-state index contributed by atoms with van der Waals surface area (Å²) in [4.78, 5) is 23.2. The average molecular weight is 242 g/mol. The standard InChI is InChI=1S/C13H22O4/c1-5-8(2)17-12(16)10(11(14)15)13(3,4)9-6-7-9/h8-10H,5-7H2,1-4H3,(H,14,15). The molecule has 1 saturated carbocycles. The van der Waals surface area contributed by atoms with Gasteiger partial charge in [-0.15, -0.1) is 0 Å². The molecule has 1 fully saturated rings. The van der Waals surface area contributed by atoms with E-state index in [4.69, 9.17) is 4.74 Å². The molecule has 0 saturated heterocycles. The van der Waals surface area contributed by atoms with Crippen molar-refractivity contribution in [1.82, 2.24) is 0 Å². The average Bonchev–Trinajstić information content (AvgIpc) is 2.99. The molecule has 4 heteroatoms. The summed E-state index contributed by atoms with van der Waals surface area (Å²) in [7, 11) is 0. The second kappa shape index (κ2) is 5.07. The lowest BCUT2D eigenvalue weighted by Gasteiger charge is -2.30. The van der Waals surface area contributed by atoms with Crippen LogP contribution in [0, 0.1) is 17.3 Å². The van der Waals surface area contributed by atoms with Crippen molar-refractivity contribution in [3.8, 4) is 0 Å². The van der Waals surface area contributed by atoms with Gasteiger partial charge in [-0.25, -0.2) is 0 Å². The monoisotopic (exact) mass is 242 g/mol. The van der Waals surface area contributed by atoms with Crippen molar-refractivity contribution in [3.05, 3.63) is 0 Å². The highest BCUT2D eigenvalue weighted by Crippen LogP contribution is 2.50. The Balaban J connectivity index is 2.78. The van der Waals surface area contributed by atoms with Gasteiger partial charge in [-0.05, 0) is 37.5 Å². The zero-order valence-electron chi connectivity index (χ0n) is 11.0. The normalized spacial score (nSPS) is 19.5. The maximum atomic E-state index is 11.9. The third kappa shape index (κ3) is 3.20. The number of carbonyl (C=O) groups is 2. The first kappa shape index (κ1) is 14.0. The third-order valence-corrected chi connectivity index (χ3v) is 3.75. The Labute approximate surface area is 102 Å². The molecular weight excluding hydrogens is 220 g/mol. The Morgan fingerprint density at radius 1 is 1.41 bits per heavy atom. The van der Waals surface area contributed by atoms with E-state index in [0.717, 1.165) is 12.8 Å². The Hall–Kier alpha value is -1.06. The molecule has 1 rings (SSSR count). The Morgan fingerprint density at radius 2 is 1.94 bits per heavy atom. The first-order valence-electron chi connectivity index (χ1n) is 6.24. The van der Waals surface area contributed by atoms with Crippen LogP contribution in [-0.2, 0) is 14.3 Å². The molecule has 0 amide bonds. The van der Waals surface area contributed by atoms with Crippen LogP contribution in [0.2, 0.25) is 0 Å². The van der Waals surface area contributed by atoms with Gasteiger partial charge in [0.05, 0.1) is 6.10 Å². The molecule has 1 N–H and O–H groups in total. The number of hydrogen-bond donors (Lipinski definition) is 1. The van der Waals surface area contributed by atoms with Gasteiger partial charge in [0.25, 0.3) is 0 Å². The minimum atomic E-state index is -1.07. The molecule has 1 aliphatic carbocycles. The van der Waals surface area contributed by atoms with Crippen molar-refractivity contribution in [2.45, 2.75) is 53.1 Å². The highest BCUT2D eigenvalue weighted by atomic mass is 16.5. The summed E-state index contributed by atoms with van der Waals surface area (Å²) >= 11 is 0. The van der Waals surface area contributed by atoms with E-state index in [1.54, 1.807) is 6.92 Å².